The summed E-state index contributed by atoms with van der Waals surface area (Å²) in [6.07, 6.45) is 30.5. The first kappa shape index (κ1) is 39.3. The van der Waals surface area contributed by atoms with Crippen LogP contribution in [0.1, 0.15) is 187 Å². The molecule has 0 aromatic carbocycles. The molecule has 6 nitrogen and oxygen atoms in total. The van der Waals surface area contributed by atoms with E-state index in [1.165, 1.54) is 122 Å². The van der Waals surface area contributed by atoms with E-state index in [9.17, 15) is 22.9 Å². The van der Waals surface area contributed by atoms with Crippen LogP contribution in [0.3, 0.4) is 0 Å². The van der Waals surface area contributed by atoms with Crippen LogP contribution in [0.25, 0.3) is 0 Å². The van der Waals surface area contributed by atoms with Gasteiger partial charge in [-0.1, -0.05) is 168 Å². The van der Waals surface area contributed by atoms with E-state index in [-0.39, 0.29) is 5.91 Å². The smallest absolute Gasteiger partial charge is 0.266 e. The monoisotopic (exact) mass is 589 g/mol. The Morgan fingerprint density at radius 3 is 1.25 bits per heavy atom. The third-order valence-corrected chi connectivity index (χ3v) is 8.84. The molecule has 2 unspecified atom stereocenters. The van der Waals surface area contributed by atoms with Gasteiger partial charge in [0, 0.05) is 6.42 Å². The van der Waals surface area contributed by atoms with Crippen molar-refractivity contribution in [2.24, 2.45) is 0 Å². The van der Waals surface area contributed by atoms with E-state index in [4.69, 9.17) is 0 Å². The molecule has 0 bridgehead atoms. The molecule has 0 radical (unpaired) electrons. The van der Waals surface area contributed by atoms with Crippen molar-refractivity contribution >= 4 is 16.0 Å². The Bertz CT molecular complexity index is 655. The van der Waals surface area contributed by atoms with Gasteiger partial charge in [0.1, 0.15) is 0 Å². The lowest BCUT2D eigenvalue weighted by atomic mass is 10.0. The highest BCUT2D eigenvalue weighted by atomic mass is 32.2. The zero-order valence-electron chi connectivity index (χ0n) is 26.5. The van der Waals surface area contributed by atoms with E-state index in [0.29, 0.717) is 12.8 Å². The lowest BCUT2D eigenvalue weighted by Gasteiger charge is -2.23. The number of amides is 1. The van der Waals surface area contributed by atoms with Crippen molar-refractivity contribution < 1.29 is 22.9 Å². The first-order valence-corrected chi connectivity index (χ1v) is 18.8. The van der Waals surface area contributed by atoms with Gasteiger partial charge in [0.05, 0.1) is 17.9 Å². The van der Waals surface area contributed by atoms with Gasteiger partial charge >= 0.3 is 0 Å². The summed E-state index contributed by atoms with van der Waals surface area (Å²) in [4.78, 5) is 12.4. The number of aliphatic hydroxyl groups excluding tert-OH is 1. The second-order valence-corrected chi connectivity index (χ2v) is 13.7. The van der Waals surface area contributed by atoms with Gasteiger partial charge in [-0.05, 0) is 12.8 Å². The fourth-order valence-electron chi connectivity index (χ4n) is 5.45. The topological polar surface area (TPSA) is 104 Å². The van der Waals surface area contributed by atoms with Gasteiger partial charge in [0.15, 0.2) is 0 Å². The Kier molecular flexibility index (Phi) is 28.0. The molecular weight excluding hydrogens is 522 g/mol. The molecule has 3 N–H and O–H groups in total. The number of hydrogen-bond donors (Lipinski definition) is 3. The predicted octanol–water partition coefficient (Wildman–Crippen LogP) is 9.29. The summed E-state index contributed by atoms with van der Waals surface area (Å²) >= 11 is 0. The lowest BCUT2D eigenvalue weighted by molar-refractivity contribution is -0.122. The minimum absolute atomic E-state index is 0.245. The van der Waals surface area contributed by atoms with Crippen LogP contribution in [0.5, 0.6) is 0 Å². The first-order valence-electron chi connectivity index (χ1n) is 17.2. The van der Waals surface area contributed by atoms with E-state index >= 15 is 0 Å². The van der Waals surface area contributed by atoms with Gasteiger partial charge in [-0.25, -0.2) is 0 Å². The quantitative estimate of drug-likeness (QED) is 0.0552. The van der Waals surface area contributed by atoms with Gasteiger partial charge in [-0.3, -0.25) is 9.35 Å². The first-order chi connectivity index (χ1) is 19.3. The van der Waals surface area contributed by atoms with Crippen LogP contribution in [0.4, 0.5) is 0 Å². The Morgan fingerprint density at radius 2 is 0.900 bits per heavy atom. The second-order valence-electron chi connectivity index (χ2n) is 12.2. The highest BCUT2D eigenvalue weighted by molar-refractivity contribution is 7.85. The average molecular weight is 590 g/mol. The molecule has 240 valence electrons. The summed E-state index contributed by atoms with van der Waals surface area (Å²) in [5.74, 6) is -0.887. The maximum absolute atomic E-state index is 12.4. The second kappa shape index (κ2) is 28.5. The van der Waals surface area contributed by atoms with Crippen molar-refractivity contribution in [1.29, 1.82) is 0 Å². The molecule has 2 atom stereocenters. The Morgan fingerprint density at radius 1 is 0.575 bits per heavy atom. The molecular formula is C33H67NO5S. The number of nitrogens with one attached hydrogen (secondary N) is 1. The number of carbonyl (C=O) groups is 1. The molecule has 40 heavy (non-hydrogen) atoms. The summed E-state index contributed by atoms with van der Waals surface area (Å²) in [5, 5.41) is 13.2. The normalized spacial score (nSPS) is 13.4. The number of unbranched alkanes of at least 4 members (excludes halogenated alkanes) is 23. The standard InChI is InChI=1S/C33H67NO5S/c1-3-5-7-9-11-13-15-16-17-18-19-21-23-25-27-29-33(36)34-31(30-40(37,38)39)32(35)28-26-24-22-20-14-12-10-8-6-4-2/h31-32,35H,3-30H2,1-2H3,(H,34,36)(H,37,38,39). The zero-order valence-corrected chi connectivity index (χ0v) is 27.3. The van der Waals surface area contributed by atoms with Gasteiger partial charge in [-0.2, -0.15) is 8.42 Å². The molecule has 0 heterocycles. The van der Waals surface area contributed by atoms with E-state index in [1.54, 1.807) is 0 Å². The summed E-state index contributed by atoms with van der Waals surface area (Å²) in [6.45, 7) is 4.48. The fraction of sp³-hybridized carbons (Fsp3) is 0.970. The minimum atomic E-state index is -4.29. The SMILES string of the molecule is CCCCCCCCCCCCCCCCCC(=O)NC(CS(=O)(=O)O)C(O)CCCCCCCCCCCC. The van der Waals surface area contributed by atoms with Crippen LogP contribution in [0.2, 0.25) is 0 Å². The summed E-state index contributed by atoms with van der Waals surface area (Å²) in [5.41, 5.74) is 0. The zero-order chi connectivity index (χ0) is 29.7. The molecule has 0 aliphatic carbocycles. The third kappa shape index (κ3) is 28.9. The van der Waals surface area contributed by atoms with Crippen molar-refractivity contribution in [1.82, 2.24) is 5.32 Å². The molecule has 0 saturated carbocycles. The van der Waals surface area contributed by atoms with E-state index in [0.717, 1.165) is 38.5 Å². The van der Waals surface area contributed by atoms with Crippen LogP contribution >= 0.6 is 0 Å². The van der Waals surface area contributed by atoms with Crippen LogP contribution in [0.15, 0.2) is 0 Å². The molecule has 0 rings (SSSR count). The van der Waals surface area contributed by atoms with Crippen molar-refractivity contribution in [3.63, 3.8) is 0 Å². The highest BCUT2D eigenvalue weighted by Crippen LogP contribution is 2.15. The van der Waals surface area contributed by atoms with E-state index < -0.39 is 28.0 Å². The summed E-state index contributed by atoms with van der Waals surface area (Å²) < 4.78 is 32.3. The lowest BCUT2D eigenvalue weighted by Crippen LogP contribution is -2.47. The molecule has 0 spiro atoms. The maximum atomic E-state index is 12.4. The summed E-state index contributed by atoms with van der Waals surface area (Å²) in [6, 6.07) is -0.961. The molecule has 0 aliphatic heterocycles. The largest absolute Gasteiger partial charge is 0.391 e. The predicted molar refractivity (Wildman–Crippen MR) is 170 cm³/mol. The molecule has 7 heteroatoms. The molecule has 0 saturated heterocycles. The van der Waals surface area contributed by atoms with Crippen molar-refractivity contribution in [3.8, 4) is 0 Å². The van der Waals surface area contributed by atoms with Crippen molar-refractivity contribution in [3.05, 3.63) is 0 Å². The Balaban J connectivity index is 3.90. The van der Waals surface area contributed by atoms with Gasteiger partial charge in [0.2, 0.25) is 5.91 Å². The number of rotatable bonds is 31. The van der Waals surface area contributed by atoms with Crippen molar-refractivity contribution in [2.75, 3.05) is 5.75 Å². The van der Waals surface area contributed by atoms with E-state index in [2.05, 4.69) is 19.2 Å². The van der Waals surface area contributed by atoms with E-state index in [1.807, 2.05) is 0 Å². The Hall–Kier alpha value is -0.660. The molecule has 1 amide bonds. The highest BCUT2D eigenvalue weighted by Gasteiger charge is 2.26. The number of carbonyl (C=O) groups excluding carboxylic acids is 1. The van der Waals surface area contributed by atoms with Gasteiger partial charge < -0.3 is 10.4 Å². The van der Waals surface area contributed by atoms with Gasteiger partial charge in [-0.15, -0.1) is 0 Å². The molecule has 0 aromatic rings. The summed E-state index contributed by atoms with van der Waals surface area (Å²) in [7, 11) is -4.29. The minimum Gasteiger partial charge on any atom is -0.391 e. The van der Waals surface area contributed by atoms with Crippen molar-refractivity contribution in [2.45, 2.75) is 199 Å². The Labute approximate surface area is 249 Å². The van der Waals surface area contributed by atoms with Gasteiger partial charge in [0.25, 0.3) is 10.1 Å². The fourth-order valence-corrected chi connectivity index (χ4v) is 6.21. The number of hydrogen-bond acceptors (Lipinski definition) is 4. The third-order valence-electron chi connectivity index (χ3n) is 8.06. The average Bonchev–Trinajstić information content (AvgIpc) is 2.90. The van der Waals surface area contributed by atoms with Crippen LogP contribution in [0, 0.1) is 0 Å². The molecule has 0 aliphatic rings. The number of aliphatic hydroxyl groups is 1. The molecule has 0 aromatic heterocycles. The van der Waals surface area contributed by atoms with Crippen LogP contribution in [-0.4, -0.2) is 41.9 Å². The molecule has 0 fully saturated rings. The maximum Gasteiger partial charge on any atom is 0.266 e. The van der Waals surface area contributed by atoms with Crippen LogP contribution < -0.4 is 5.32 Å². The van der Waals surface area contributed by atoms with Crippen LogP contribution in [-0.2, 0) is 14.9 Å².